The minimum absolute atomic E-state index is 0.125. The predicted molar refractivity (Wildman–Crippen MR) is 119 cm³/mol. The van der Waals surface area contributed by atoms with Gasteiger partial charge < -0.3 is 25.2 Å². The zero-order valence-electron chi connectivity index (χ0n) is 17.5. The molecule has 0 aromatic heterocycles. The van der Waals surface area contributed by atoms with E-state index in [2.05, 4.69) is 15.4 Å². The third kappa shape index (κ3) is 5.63. The highest BCUT2D eigenvalue weighted by atomic mass is 16.5. The van der Waals surface area contributed by atoms with Gasteiger partial charge in [0.2, 0.25) is 5.91 Å². The van der Waals surface area contributed by atoms with Crippen molar-refractivity contribution in [2.75, 3.05) is 17.7 Å². The quantitative estimate of drug-likeness (QED) is 0.383. The molecule has 3 N–H and O–H groups in total. The SMILES string of the molecule is COC(=O)c1ccc(NC(=O)c2ccc(NC(C)=O)c(OCc3ccccc3)c2)c(O)c1. The van der Waals surface area contributed by atoms with Gasteiger partial charge in [-0.3, -0.25) is 9.59 Å². The maximum absolute atomic E-state index is 12.7. The molecule has 3 aromatic carbocycles. The number of nitrogens with one attached hydrogen (secondary N) is 2. The van der Waals surface area contributed by atoms with Gasteiger partial charge in [-0.2, -0.15) is 0 Å². The Balaban J connectivity index is 1.81. The molecule has 0 aliphatic heterocycles. The molecule has 32 heavy (non-hydrogen) atoms. The summed E-state index contributed by atoms with van der Waals surface area (Å²) in [6.45, 7) is 1.62. The van der Waals surface area contributed by atoms with Crippen molar-refractivity contribution in [3.05, 3.63) is 83.4 Å². The second-order valence-electron chi connectivity index (χ2n) is 6.84. The fraction of sp³-hybridized carbons (Fsp3) is 0.125. The van der Waals surface area contributed by atoms with Crippen molar-refractivity contribution in [1.29, 1.82) is 0 Å². The van der Waals surface area contributed by atoms with Crippen LogP contribution in [0.5, 0.6) is 11.5 Å². The highest BCUT2D eigenvalue weighted by Crippen LogP contribution is 2.29. The van der Waals surface area contributed by atoms with Gasteiger partial charge in [0.05, 0.1) is 24.0 Å². The van der Waals surface area contributed by atoms with Gasteiger partial charge in [0.15, 0.2) is 0 Å². The van der Waals surface area contributed by atoms with Crippen molar-refractivity contribution in [1.82, 2.24) is 0 Å². The van der Waals surface area contributed by atoms with E-state index in [1.54, 1.807) is 6.07 Å². The number of rotatable bonds is 7. The van der Waals surface area contributed by atoms with E-state index in [-0.39, 0.29) is 35.1 Å². The number of hydrogen-bond donors (Lipinski definition) is 3. The van der Waals surface area contributed by atoms with Gasteiger partial charge in [0.1, 0.15) is 18.1 Å². The van der Waals surface area contributed by atoms with Gasteiger partial charge in [-0.15, -0.1) is 0 Å². The number of hydrogen-bond acceptors (Lipinski definition) is 6. The Morgan fingerprint density at radius 2 is 1.56 bits per heavy atom. The molecule has 0 atom stereocenters. The smallest absolute Gasteiger partial charge is 0.337 e. The second kappa shape index (κ2) is 10.1. The van der Waals surface area contributed by atoms with Crippen LogP contribution in [0.2, 0.25) is 0 Å². The standard InChI is InChI=1S/C24H22N2O6/c1-15(27)25-20-11-8-17(13-22(20)32-14-16-6-4-3-5-7-16)23(29)26-19-10-9-18(12-21(19)28)24(30)31-2/h3-13,28H,14H2,1-2H3,(H,25,27)(H,26,29). The summed E-state index contributed by atoms with van der Waals surface area (Å²) in [6.07, 6.45) is 0. The minimum atomic E-state index is -0.605. The first kappa shape index (κ1) is 22.4. The molecular weight excluding hydrogens is 412 g/mol. The molecule has 0 fully saturated rings. The number of phenols is 1. The normalized spacial score (nSPS) is 10.2. The number of carbonyl (C=O) groups excluding carboxylic acids is 3. The number of carbonyl (C=O) groups is 3. The van der Waals surface area contributed by atoms with Crippen molar-refractivity contribution < 1.29 is 29.0 Å². The van der Waals surface area contributed by atoms with Gasteiger partial charge in [0, 0.05) is 12.5 Å². The van der Waals surface area contributed by atoms with Crippen molar-refractivity contribution in [3.63, 3.8) is 0 Å². The van der Waals surface area contributed by atoms with Crippen LogP contribution in [0.25, 0.3) is 0 Å². The molecule has 0 saturated heterocycles. The summed E-state index contributed by atoms with van der Waals surface area (Å²) in [5.74, 6) is -1.35. The zero-order chi connectivity index (χ0) is 23.1. The first-order valence-corrected chi connectivity index (χ1v) is 9.68. The third-order valence-corrected chi connectivity index (χ3v) is 4.46. The molecule has 164 valence electrons. The van der Waals surface area contributed by atoms with Crippen LogP contribution in [0.15, 0.2) is 66.7 Å². The van der Waals surface area contributed by atoms with Crippen LogP contribution in [0, 0.1) is 0 Å². The molecule has 8 nitrogen and oxygen atoms in total. The van der Waals surface area contributed by atoms with Crippen molar-refractivity contribution >= 4 is 29.2 Å². The Labute approximate surface area is 184 Å². The van der Waals surface area contributed by atoms with Gasteiger partial charge in [-0.1, -0.05) is 30.3 Å². The number of aromatic hydroxyl groups is 1. The molecule has 3 rings (SSSR count). The van der Waals surface area contributed by atoms with Crippen LogP contribution in [0.4, 0.5) is 11.4 Å². The molecule has 0 bridgehead atoms. The maximum Gasteiger partial charge on any atom is 0.337 e. The fourth-order valence-corrected chi connectivity index (χ4v) is 2.89. The topological polar surface area (TPSA) is 114 Å². The largest absolute Gasteiger partial charge is 0.506 e. The fourth-order valence-electron chi connectivity index (χ4n) is 2.89. The first-order valence-electron chi connectivity index (χ1n) is 9.68. The van der Waals surface area contributed by atoms with E-state index in [9.17, 15) is 19.5 Å². The average molecular weight is 434 g/mol. The highest BCUT2D eigenvalue weighted by molar-refractivity contribution is 6.06. The number of methoxy groups -OCH3 is 1. The van der Waals surface area contributed by atoms with E-state index in [4.69, 9.17) is 4.74 Å². The Bertz CT molecular complexity index is 1140. The lowest BCUT2D eigenvalue weighted by molar-refractivity contribution is -0.114. The van der Waals surface area contributed by atoms with E-state index < -0.39 is 11.9 Å². The van der Waals surface area contributed by atoms with Crippen molar-refractivity contribution in [2.24, 2.45) is 0 Å². The minimum Gasteiger partial charge on any atom is -0.506 e. The number of phenolic OH excluding ortho intramolecular Hbond substituents is 1. The molecule has 0 unspecified atom stereocenters. The summed E-state index contributed by atoms with van der Waals surface area (Å²) in [5, 5.41) is 15.4. The summed E-state index contributed by atoms with van der Waals surface area (Å²) in [6, 6.07) is 18.1. The third-order valence-electron chi connectivity index (χ3n) is 4.46. The Morgan fingerprint density at radius 3 is 2.22 bits per heavy atom. The van der Waals surface area contributed by atoms with Gasteiger partial charge in [-0.25, -0.2) is 4.79 Å². The monoisotopic (exact) mass is 434 g/mol. The van der Waals surface area contributed by atoms with Crippen molar-refractivity contribution in [2.45, 2.75) is 13.5 Å². The van der Waals surface area contributed by atoms with Crippen LogP contribution >= 0.6 is 0 Å². The van der Waals surface area contributed by atoms with E-state index in [0.717, 1.165) is 5.56 Å². The van der Waals surface area contributed by atoms with E-state index >= 15 is 0 Å². The van der Waals surface area contributed by atoms with Crippen LogP contribution in [-0.2, 0) is 16.1 Å². The molecule has 0 radical (unpaired) electrons. The molecule has 3 aromatic rings. The summed E-state index contributed by atoms with van der Waals surface area (Å²) >= 11 is 0. The summed E-state index contributed by atoms with van der Waals surface area (Å²) in [4.78, 5) is 35.8. The Morgan fingerprint density at radius 1 is 0.875 bits per heavy atom. The number of anilines is 2. The lowest BCUT2D eigenvalue weighted by atomic mass is 10.1. The first-order chi connectivity index (χ1) is 15.4. The molecule has 8 heteroatoms. The Hall–Kier alpha value is -4.33. The summed E-state index contributed by atoms with van der Waals surface area (Å²) in [5.41, 5.74) is 1.88. The zero-order valence-corrected chi connectivity index (χ0v) is 17.5. The Kier molecular flexibility index (Phi) is 7.07. The van der Waals surface area contributed by atoms with Crippen LogP contribution in [0.1, 0.15) is 33.2 Å². The predicted octanol–water partition coefficient (Wildman–Crippen LogP) is 3.97. The van der Waals surface area contributed by atoms with E-state index in [0.29, 0.717) is 11.4 Å². The van der Waals surface area contributed by atoms with E-state index in [1.165, 1.54) is 44.4 Å². The molecular formula is C24H22N2O6. The second-order valence-corrected chi connectivity index (χ2v) is 6.84. The van der Waals surface area contributed by atoms with E-state index in [1.807, 2.05) is 30.3 Å². The summed E-state index contributed by atoms with van der Waals surface area (Å²) < 4.78 is 10.5. The number of ether oxygens (including phenoxy) is 2. The molecule has 0 heterocycles. The lowest BCUT2D eigenvalue weighted by Crippen LogP contribution is -2.14. The van der Waals surface area contributed by atoms with Gasteiger partial charge in [-0.05, 0) is 42.0 Å². The number of benzene rings is 3. The lowest BCUT2D eigenvalue weighted by Gasteiger charge is -2.14. The average Bonchev–Trinajstić information content (AvgIpc) is 2.79. The molecule has 0 saturated carbocycles. The molecule has 0 aliphatic carbocycles. The van der Waals surface area contributed by atoms with Crippen LogP contribution < -0.4 is 15.4 Å². The number of esters is 1. The van der Waals surface area contributed by atoms with Crippen molar-refractivity contribution in [3.8, 4) is 11.5 Å². The molecule has 0 spiro atoms. The molecule has 0 aliphatic rings. The maximum atomic E-state index is 12.7. The summed E-state index contributed by atoms with van der Waals surface area (Å²) in [7, 11) is 1.23. The van der Waals surface area contributed by atoms with Crippen LogP contribution in [-0.4, -0.2) is 30.0 Å². The van der Waals surface area contributed by atoms with Gasteiger partial charge >= 0.3 is 5.97 Å². The van der Waals surface area contributed by atoms with Crippen LogP contribution in [0.3, 0.4) is 0 Å². The molecule has 2 amide bonds. The highest BCUT2D eigenvalue weighted by Gasteiger charge is 2.15. The number of amides is 2. The van der Waals surface area contributed by atoms with Gasteiger partial charge in [0.25, 0.3) is 5.91 Å².